The molecule has 11 rings (SSSR count). The highest BCUT2D eigenvalue weighted by molar-refractivity contribution is 6.28. The molecule has 0 aliphatic heterocycles. The number of hydrogen-bond donors (Lipinski definition) is 0. The van der Waals surface area contributed by atoms with Gasteiger partial charge < -0.3 is 4.90 Å². The molecule has 0 saturated heterocycles. The van der Waals surface area contributed by atoms with Crippen LogP contribution in [0.4, 0.5) is 34.3 Å². The summed E-state index contributed by atoms with van der Waals surface area (Å²) in [6.07, 6.45) is 1.88. The van der Waals surface area contributed by atoms with Gasteiger partial charge >= 0.3 is 0 Å². The minimum atomic E-state index is -0.103. The van der Waals surface area contributed by atoms with Crippen LogP contribution in [0.3, 0.4) is 0 Å². The van der Waals surface area contributed by atoms with Crippen molar-refractivity contribution in [3.8, 4) is 11.1 Å². The summed E-state index contributed by atoms with van der Waals surface area (Å²) in [5, 5.41) is 9.79. The third-order valence-electron chi connectivity index (χ3n) is 11.8. The first-order valence-electron chi connectivity index (χ1n) is 19.1. The van der Waals surface area contributed by atoms with Crippen LogP contribution in [0.5, 0.6) is 0 Å². The molecule has 0 fully saturated rings. The van der Waals surface area contributed by atoms with Crippen molar-refractivity contribution in [2.45, 2.75) is 19.3 Å². The highest BCUT2D eigenvalue weighted by Crippen LogP contribution is 2.55. The summed E-state index contributed by atoms with van der Waals surface area (Å²) < 4.78 is 0. The molecule has 10 aromatic rings. The highest BCUT2D eigenvalue weighted by atomic mass is 15.2. The van der Waals surface area contributed by atoms with Gasteiger partial charge in [0.05, 0.1) is 17.1 Å². The molecular formula is C52H37N3. The van der Waals surface area contributed by atoms with E-state index in [1.165, 1.54) is 71.0 Å². The Morgan fingerprint density at radius 3 is 1.78 bits per heavy atom. The second-order valence-corrected chi connectivity index (χ2v) is 15.2. The van der Waals surface area contributed by atoms with E-state index in [0.717, 1.165) is 28.6 Å². The summed E-state index contributed by atoms with van der Waals surface area (Å²) in [5.74, 6) is 0.880. The number of fused-ring (bicyclic) bond motifs is 4. The first-order valence-corrected chi connectivity index (χ1v) is 19.1. The van der Waals surface area contributed by atoms with E-state index in [4.69, 9.17) is 4.98 Å². The maximum absolute atomic E-state index is 4.90. The summed E-state index contributed by atoms with van der Waals surface area (Å²) >= 11 is 0. The normalized spacial score (nSPS) is 13.1. The lowest BCUT2D eigenvalue weighted by Gasteiger charge is -2.30. The van der Waals surface area contributed by atoms with Crippen molar-refractivity contribution < 1.29 is 0 Å². The van der Waals surface area contributed by atoms with Crippen molar-refractivity contribution in [3.05, 3.63) is 199 Å². The average molecular weight is 704 g/mol. The first kappa shape index (κ1) is 31.5. The zero-order valence-electron chi connectivity index (χ0n) is 30.7. The van der Waals surface area contributed by atoms with E-state index in [0.29, 0.717) is 0 Å². The van der Waals surface area contributed by atoms with E-state index in [-0.39, 0.29) is 5.41 Å². The van der Waals surface area contributed by atoms with Crippen molar-refractivity contribution in [2.75, 3.05) is 9.80 Å². The van der Waals surface area contributed by atoms with Crippen LogP contribution < -0.4 is 9.80 Å². The number of benzene rings is 9. The average Bonchev–Trinajstić information content (AvgIpc) is 3.48. The standard InChI is InChI=1S/C52H37N3/c1-52(2)43-18-9-8-17-40(43)51-44(52)19-12-20-47(51)54(38-15-4-3-5-16-38)45-30-25-35-24-29-42-46(31-26-36-23-28-41(45)49(35)50(36)42)55(48-21-10-11-32-53-48)39-27-22-34-13-6-7-14-37(34)33-39/h3-33H,1-2H3. The van der Waals surface area contributed by atoms with Gasteiger partial charge in [0, 0.05) is 39.3 Å². The topological polar surface area (TPSA) is 19.4 Å². The number of hydrogen-bond acceptors (Lipinski definition) is 3. The molecule has 0 unspecified atom stereocenters. The molecule has 1 heterocycles. The zero-order chi connectivity index (χ0) is 36.7. The van der Waals surface area contributed by atoms with Gasteiger partial charge in [-0.25, -0.2) is 4.98 Å². The summed E-state index contributed by atoms with van der Waals surface area (Å²) in [4.78, 5) is 9.69. The number of anilines is 6. The van der Waals surface area contributed by atoms with Gasteiger partial charge in [0.1, 0.15) is 5.82 Å². The van der Waals surface area contributed by atoms with E-state index < -0.39 is 0 Å². The van der Waals surface area contributed by atoms with Gasteiger partial charge in [-0.2, -0.15) is 0 Å². The molecule has 0 spiro atoms. The van der Waals surface area contributed by atoms with Crippen molar-refractivity contribution >= 4 is 77.3 Å². The Morgan fingerprint density at radius 1 is 0.418 bits per heavy atom. The summed E-state index contributed by atoms with van der Waals surface area (Å²) in [5.41, 5.74) is 10.9. The number of pyridine rings is 1. The predicted molar refractivity (Wildman–Crippen MR) is 232 cm³/mol. The largest absolute Gasteiger partial charge is 0.309 e. The van der Waals surface area contributed by atoms with Crippen LogP contribution in [0.1, 0.15) is 25.0 Å². The van der Waals surface area contributed by atoms with E-state index in [1.807, 2.05) is 12.3 Å². The quantitative estimate of drug-likeness (QED) is 0.161. The number of rotatable bonds is 6. The number of aromatic nitrogens is 1. The molecular weight excluding hydrogens is 667 g/mol. The maximum Gasteiger partial charge on any atom is 0.137 e. The second-order valence-electron chi connectivity index (χ2n) is 15.2. The van der Waals surface area contributed by atoms with Crippen LogP contribution in [0.2, 0.25) is 0 Å². The molecule has 0 N–H and O–H groups in total. The van der Waals surface area contributed by atoms with Crippen molar-refractivity contribution in [2.24, 2.45) is 0 Å². The molecule has 0 atom stereocenters. The minimum Gasteiger partial charge on any atom is -0.309 e. The van der Waals surface area contributed by atoms with Gasteiger partial charge in [0.15, 0.2) is 0 Å². The molecule has 9 aromatic carbocycles. The summed E-state index contributed by atoms with van der Waals surface area (Å²) in [6.45, 7) is 4.71. The molecule has 260 valence electrons. The Bertz CT molecular complexity index is 3080. The van der Waals surface area contributed by atoms with Gasteiger partial charge in [-0.1, -0.05) is 141 Å². The van der Waals surface area contributed by atoms with Crippen LogP contribution in [0.25, 0.3) is 54.2 Å². The van der Waals surface area contributed by atoms with Crippen LogP contribution in [-0.4, -0.2) is 4.98 Å². The van der Waals surface area contributed by atoms with Gasteiger partial charge in [-0.3, -0.25) is 4.90 Å². The Morgan fingerprint density at radius 2 is 1.04 bits per heavy atom. The highest BCUT2D eigenvalue weighted by Gasteiger charge is 2.38. The molecule has 0 amide bonds. The molecule has 1 aliphatic rings. The third kappa shape index (κ3) is 4.73. The molecule has 1 aromatic heterocycles. The fourth-order valence-electron chi connectivity index (χ4n) is 9.26. The second kappa shape index (κ2) is 12.0. The smallest absolute Gasteiger partial charge is 0.137 e. The monoisotopic (exact) mass is 703 g/mol. The maximum atomic E-state index is 4.90. The molecule has 0 bridgehead atoms. The molecule has 3 heteroatoms. The number of para-hydroxylation sites is 1. The molecule has 0 radical (unpaired) electrons. The van der Waals surface area contributed by atoms with E-state index in [1.54, 1.807) is 0 Å². The summed E-state index contributed by atoms with van der Waals surface area (Å²) in [6, 6.07) is 66.4. The predicted octanol–water partition coefficient (Wildman–Crippen LogP) is 14.4. The molecule has 55 heavy (non-hydrogen) atoms. The van der Waals surface area contributed by atoms with Gasteiger partial charge in [0.2, 0.25) is 0 Å². The van der Waals surface area contributed by atoms with Crippen molar-refractivity contribution in [1.29, 1.82) is 0 Å². The molecule has 0 saturated carbocycles. The fourth-order valence-corrected chi connectivity index (χ4v) is 9.26. The Hall–Kier alpha value is -6.97. The zero-order valence-corrected chi connectivity index (χ0v) is 30.7. The van der Waals surface area contributed by atoms with E-state index in [9.17, 15) is 0 Å². The lowest BCUT2D eigenvalue weighted by molar-refractivity contribution is 0.660. The fraction of sp³-hybridized carbons (Fsp3) is 0.0577. The summed E-state index contributed by atoms with van der Waals surface area (Å²) in [7, 11) is 0. The van der Waals surface area contributed by atoms with Gasteiger partial charge in [0.25, 0.3) is 0 Å². The van der Waals surface area contributed by atoms with Crippen molar-refractivity contribution in [1.82, 2.24) is 4.98 Å². The first-order chi connectivity index (χ1) is 27.1. The van der Waals surface area contributed by atoms with Crippen LogP contribution >= 0.6 is 0 Å². The third-order valence-corrected chi connectivity index (χ3v) is 11.8. The Balaban J connectivity index is 1.18. The molecule has 3 nitrogen and oxygen atoms in total. The van der Waals surface area contributed by atoms with Crippen LogP contribution in [0.15, 0.2) is 188 Å². The van der Waals surface area contributed by atoms with Crippen molar-refractivity contribution in [3.63, 3.8) is 0 Å². The van der Waals surface area contributed by atoms with Crippen LogP contribution in [-0.2, 0) is 5.41 Å². The van der Waals surface area contributed by atoms with Gasteiger partial charge in [-0.05, 0) is 104 Å². The minimum absolute atomic E-state index is 0.103. The lowest BCUT2D eigenvalue weighted by Crippen LogP contribution is -2.16. The molecule has 1 aliphatic carbocycles. The number of nitrogens with zero attached hydrogens (tertiary/aromatic N) is 3. The SMILES string of the molecule is CC1(C)c2ccccc2-c2c(N(c3ccccc3)c3ccc4ccc5c(N(c6ccc7ccccc7c6)c6ccccn6)ccc6ccc3c4c65)cccc21. The van der Waals surface area contributed by atoms with E-state index in [2.05, 4.69) is 200 Å². The van der Waals surface area contributed by atoms with Crippen LogP contribution in [0, 0.1) is 0 Å². The lowest BCUT2D eigenvalue weighted by atomic mass is 9.82. The Labute approximate surface area is 320 Å². The van der Waals surface area contributed by atoms with E-state index >= 15 is 0 Å². The van der Waals surface area contributed by atoms with Gasteiger partial charge in [-0.15, -0.1) is 0 Å². The Kier molecular flexibility index (Phi) is 6.90.